The number of hydrogen-bond donors (Lipinski definition) is 3. The van der Waals surface area contributed by atoms with Gasteiger partial charge in [-0.25, -0.2) is 0 Å². The fourth-order valence-electron chi connectivity index (χ4n) is 1.39. The summed E-state index contributed by atoms with van der Waals surface area (Å²) in [5.74, 6) is 0.723. The van der Waals surface area contributed by atoms with Gasteiger partial charge in [-0.15, -0.1) is 0 Å². The molecule has 3 N–H and O–H groups in total. The second-order valence-electron chi connectivity index (χ2n) is 4.51. The Morgan fingerprint density at radius 1 is 1.42 bits per heavy atom. The molecule has 0 fully saturated rings. The van der Waals surface area contributed by atoms with E-state index in [1.807, 2.05) is 37.2 Å². The zero-order valence-electron chi connectivity index (χ0n) is 11.3. The number of halogens is 1. The van der Waals surface area contributed by atoms with Crippen LogP contribution in [0, 0.1) is 0 Å². The van der Waals surface area contributed by atoms with Crippen molar-refractivity contribution in [3.63, 3.8) is 0 Å². The Labute approximate surface area is 122 Å². The van der Waals surface area contributed by atoms with Crippen LogP contribution in [0.1, 0.15) is 0 Å². The van der Waals surface area contributed by atoms with Gasteiger partial charge >= 0.3 is 0 Å². The van der Waals surface area contributed by atoms with Crippen molar-refractivity contribution in [2.45, 2.75) is 6.10 Å². The molecule has 0 aliphatic rings. The van der Waals surface area contributed by atoms with Crippen LogP contribution in [0.15, 0.2) is 22.7 Å². The molecule has 19 heavy (non-hydrogen) atoms. The van der Waals surface area contributed by atoms with E-state index in [1.54, 1.807) is 0 Å². The Kier molecular flexibility index (Phi) is 7.15. The first kappa shape index (κ1) is 16.2. The molecule has 0 radical (unpaired) electrons. The number of nitrogens with one attached hydrogen (secondary N) is 1. The lowest BCUT2D eigenvalue weighted by Crippen LogP contribution is -2.23. The molecule has 1 aromatic carbocycles. The first-order valence-electron chi connectivity index (χ1n) is 6.12. The molecular weight excluding hydrogens is 312 g/mol. The summed E-state index contributed by atoms with van der Waals surface area (Å²) in [4.78, 5) is 2.04. The first-order chi connectivity index (χ1) is 9.02. The molecule has 0 saturated carbocycles. The summed E-state index contributed by atoms with van der Waals surface area (Å²) in [5.41, 5.74) is 0.800. The van der Waals surface area contributed by atoms with E-state index in [0.29, 0.717) is 6.61 Å². The molecular formula is C13H21BrN2O3. The molecule has 6 heteroatoms. The number of nitrogens with zero attached hydrogens (tertiary/aromatic N) is 1. The van der Waals surface area contributed by atoms with Gasteiger partial charge in [-0.1, -0.05) is 15.9 Å². The van der Waals surface area contributed by atoms with Crippen molar-refractivity contribution in [2.75, 3.05) is 45.7 Å². The number of benzene rings is 1. The van der Waals surface area contributed by atoms with Gasteiger partial charge in [0.25, 0.3) is 0 Å². The number of anilines is 1. The van der Waals surface area contributed by atoms with Gasteiger partial charge in [-0.2, -0.15) is 0 Å². The van der Waals surface area contributed by atoms with Crippen molar-refractivity contribution in [3.05, 3.63) is 22.7 Å². The lowest BCUT2D eigenvalue weighted by Gasteiger charge is -2.16. The molecule has 5 nitrogen and oxygen atoms in total. The van der Waals surface area contributed by atoms with Crippen LogP contribution in [-0.2, 0) is 0 Å². The minimum absolute atomic E-state index is 0.264. The third-order valence-corrected chi connectivity index (χ3v) is 2.97. The SMILES string of the molecule is CN(C)CCOc1cc(Br)ccc1NCC(O)CO. The summed E-state index contributed by atoms with van der Waals surface area (Å²) >= 11 is 3.40. The smallest absolute Gasteiger partial charge is 0.143 e. The van der Waals surface area contributed by atoms with E-state index in [0.717, 1.165) is 22.5 Å². The van der Waals surface area contributed by atoms with Gasteiger partial charge in [0.1, 0.15) is 12.4 Å². The predicted octanol–water partition coefficient (Wildman–Crippen LogP) is 1.15. The van der Waals surface area contributed by atoms with E-state index in [1.165, 1.54) is 0 Å². The van der Waals surface area contributed by atoms with Crippen LogP contribution in [0.4, 0.5) is 5.69 Å². The fourth-order valence-corrected chi connectivity index (χ4v) is 1.73. The molecule has 0 heterocycles. The molecule has 108 valence electrons. The molecule has 0 bridgehead atoms. The van der Waals surface area contributed by atoms with Gasteiger partial charge in [-0.05, 0) is 32.3 Å². The maximum Gasteiger partial charge on any atom is 0.143 e. The number of likely N-dealkylation sites (N-methyl/N-ethyl adjacent to an activating group) is 1. The quantitative estimate of drug-likeness (QED) is 0.666. The molecule has 0 saturated heterocycles. The lowest BCUT2D eigenvalue weighted by atomic mass is 10.2. The topological polar surface area (TPSA) is 65.0 Å². The summed E-state index contributed by atoms with van der Waals surface area (Å²) in [6.45, 7) is 1.43. The number of ether oxygens (including phenoxy) is 1. The van der Waals surface area contributed by atoms with E-state index >= 15 is 0 Å². The number of aliphatic hydroxyl groups is 2. The van der Waals surface area contributed by atoms with Crippen LogP contribution in [0.25, 0.3) is 0 Å². The van der Waals surface area contributed by atoms with Crippen LogP contribution in [0.5, 0.6) is 5.75 Å². The molecule has 0 aromatic heterocycles. The Bertz CT molecular complexity index is 388. The average molecular weight is 333 g/mol. The van der Waals surface area contributed by atoms with Gasteiger partial charge in [0.2, 0.25) is 0 Å². The maximum absolute atomic E-state index is 9.34. The first-order valence-corrected chi connectivity index (χ1v) is 6.92. The highest BCUT2D eigenvalue weighted by Gasteiger charge is 2.07. The molecule has 1 aromatic rings. The Morgan fingerprint density at radius 2 is 2.16 bits per heavy atom. The molecule has 1 rings (SSSR count). The number of hydrogen-bond acceptors (Lipinski definition) is 5. The highest BCUT2D eigenvalue weighted by atomic mass is 79.9. The van der Waals surface area contributed by atoms with Crippen molar-refractivity contribution < 1.29 is 14.9 Å². The summed E-state index contributed by atoms with van der Waals surface area (Å²) in [7, 11) is 3.97. The summed E-state index contributed by atoms with van der Waals surface area (Å²) in [6.07, 6.45) is -0.779. The minimum atomic E-state index is -0.779. The second-order valence-corrected chi connectivity index (χ2v) is 5.43. The summed E-state index contributed by atoms with van der Waals surface area (Å²) in [6, 6.07) is 5.65. The third kappa shape index (κ3) is 6.24. The molecule has 1 unspecified atom stereocenters. The van der Waals surface area contributed by atoms with Crippen molar-refractivity contribution in [1.82, 2.24) is 4.90 Å². The van der Waals surface area contributed by atoms with E-state index < -0.39 is 6.10 Å². The minimum Gasteiger partial charge on any atom is -0.490 e. The van der Waals surface area contributed by atoms with Gasteiger partial charge in [0.05, 0.1) is 18.4 Å². The fraction of sp³-hybridized carbons (Fsp3) is 0.538. The largest absolute Gasteiger partial charge is 0.490 e. The van der Waals surface area contributed by atoms with Crippen LogP contribution >= 0.6 is 15.9 Å². The Balaban J connectivity index is 2.63. The van der Waals surface area contributed by atoms with Crippen molar-refractivity contribution in [2.24, 2.45) is 0 Å². The van der Waals surface area contributed by atoms with E-state index in [9.17, 15) is 5.11 Å². The summed E-state index contributed by atoms with van der Waals surface area (Å²) in [5, 5.41) is 21.2. The van der Waals surface area contributed by atoms with E-state index in [2.05, 4.69) is 21.2 Å². The van der Waals surface area contributed by atoms with Crippen LogP contribution < -0.4 is 10.1 Å². The highest BCUT2D eigenvalue weighted by Crippen LogP contribution is 2.28. The Morgan fingerprint density at radius 3 is 2.79 bits per heavy atom. The number of rotatable bonds is 8. The summed E-state index contributed by atoms with van der Waals surface area (Å²) < 4.78 is 6.65. The van der Waals surface area contributed by atoms with Gasteiger partial charge in [0.15, 0.2) is 0 Å². The molecule has 0 aliphatic heterocycles. The lowest BCUT2D eigenvalue weighted by molar-refractivity contribution is 0.105. The van der Waals surface area contributed by atoms with Gasteiger partial charge < -0.3 is 25.2 Å². The van der Waals surface area contributed by atoms with Crippen molar-refractivity contribution >= 4 is 21.6 Å². The Hall–Kier alpha value is -0.820. The van der Waals surface area contributed by atoms with Gasteiger partial charge in [-0.3, -0.25) is 0 Å². The van der Waals surface area contributed by atoms with Crippen molar-refractivity contribution in [3.8, 4) is 5.75 Å². The number of aliphatic hydroxyl groups excluding tert-OH is 2. The normalized spacial score (nSPS) is 12.5. The monoisotopic (exact) mass is 332 g/mol. The zero-order chi connectivity index (χ0) is 14.3. The molecule has 0 aliphatic carbocycles. The predicted molar refractivity (Wildman–Crippen MR) is 79.8 cm³/mol. The van der Waals surface area contributed by atoms with Crippen LogP contribution in [0.3, 0.4) is 0 Å². The molecule has 1 atom stereocenters. The third-order valence-electron chi connectivity index (χ3n) is 2.48. The van der Waals surface area contributed by atoms with Gasteiger partial charge in [0, 0.05) is 17.6 Å². The molecule has 0 amide bonds. The average Bonchev–Trinajstić information content (AvgIpc) is 2.37. The zero-order valence-corrected chi connectivity index (χ0v) is 12.9. The van der Waals surface area contributed by atoms with Crippen LogP contribution in [0.2, 0.25) is 0 Å². The second kappa shape index (κ2) is 8.37. The molecule has 0 spiro atoms. The van der Waals surface area contributed by atoms with Crippen LogP contribution in [-0.4, -0.2) is 61.6 Å². The highest BCUT2D eigenvalue weighted by molar-refractivity contribution is 9.10. The standard InChI is InChI=1S/C13H21BrN2O3/c1-16(2)5-6-19-13-7-10(14)3-4-12(13)15-8-11(18)9-17/h3-4,7,11,15,17-18H,5-6,8-9H2,1-2H3. The maximum atomic E-state index is 9.34. The van der Waals surface area contributed by atoms with E-state index in [4.69, 9.17) is 9.84 Å². The van der Waals surface area contributed by atoms with Crippen molar-refractivity contribution in [1.29, 1.82) is 0 Å². The van der Waals surface area contributed by atoms with E-state index in [-0.39, 0.29) is 13.2 Å².